The van der Waals surface area contributed by atoms with Crippen LogP contribution < -0.4 is 15.8 Å². The Hall–Kier alpha value is -2.96. The summed E-state index contributed by atoms with van der Waals surface area (Å²) in [5.74, 6) is -0.594. The molecular weight excluding hydrogens is 320 g/mol. The van der Waals surface area contributed by atoms with Crippen LogP contribution in [0.3, 0.4) is 0 Å². The molecule has 0 bridgehead atoms. The van der Waals surface area contributed by atoms with Gasteiger partial charge in [-0.05, 0) is 38.0 Å². The Morgan fingerprint density at radius 3 is 2.48 bits per heavy atom. The van der Waals surface area contributed by atoms with E-state index in [1.54, 1.807) is 6.92 Å². The van der Waals surface area contributed by atoms with Gasteiger partial charge < -0.3 is 15.8 Å². The van der Waals surface area contributed by atoms with E-state index in [2.05, 4.69) is 15.3 Å². The molecule has 1 atom stereocenters. The summed E-state index contributed by atoms with van der Waals surface area (Å²) in [7, 11) is 0. The van der Waals surface area contributed by atoms with E-state index in [0.717, 1.165) is 17.0 Å². The van der Waals surface area contributed by atoms with Gasteiger partial charge in [0.2, 0.25) is 5.91 Å². The molecule has 3 N–H and O–H groups in total. The number of amides is 2. The lowest BCUT2D eigenvalue weighted by molar-refractivity contribution is -0.121. The van der Waals surface area contributed by atoms with Crippen LogP contribution in [0.25, 0.3) is 0 Å². The summed E-state index contributed by atoms with van der Waals surface area (Å²) in [6.07, 6.45) is 3.35. The van der Waals surface area contributed by atoms with Crippen molar-refractivity contribution < 1.29 is 14.3 Å². The average Bonchev–Trinajstić information content (AvgIpc) is 2.60. The minimum atomic E-state index is -0.514. The number of benzene rings is 1. The third-order valence-electron chi connectivity index (χ3n) is 3.64. The lowest BCUT2D eigenvalue weighted by Crippen LogP contribution is -2.37. The quantitative estimate of drug-likeness (QED) is 0.751. The van der Waals surface area contributed by atoms with Crippen LogP contribution in [-0.4, -0.2) is 34.9 Å². The van der Waals surface area contributed by atoms with Gasteiger partial charge in [0, 0.05) is 12.7 Å². The molecular formula is C18H22N4O3. The number of hydrogen-bond acceptors (Lipinski definition) is 5. The van der Waals surface area contributed by atoms with Crippen molar-refractivity contribution >= 4 is 11.8 Å². The molecule has 2 aromatic rings. The van der Waals surface area contributed by atoms with Crippen LogP contribution in [-0.2, 0) is 11.2 Å². The summed E-state index contributed by atoms with van der Waals surface area (Å²) in [5, 5.41) is 2.68. The van der Waals surface area contributed by atoms with Crippen molar-refractivity contribution in [3.63, 3.8) is 0 Å². The fourth-order valence-corrected chi connectivity index (χ4v) is 2.26. The number of aryl methyl sites for hydroxylation is 1. The highest BCUT2D eigenvalue weighted by molar-refractivity contribution is 5.92. The number of nitrogens with two attached hydrogens (primary N) is 1. The zero-order valence-corrected chi connectivity index (χ0v) is 14.4. The predicted octanol–water partition coefficient (Wildman–Crippen LogP) is 1.26. The largest absolute Gasteiger partial charge is 0.494 e. The number of rotatable bonds is 8. The lowest BCUT2D eigenvalue weighted by Gasteiger charge is -2.14. The highest BCUT2D eigenvalue weighted by Gasteiger charge is 2.18. The number of carbonyl (C=O) groups is 2. The molecule has 0 aliphatic carbocycles. The van der Waals surface area contributed by atoms with Crippen LogP contribution in [0, 0.1) is 12.8 Å². The maximum Gasteiger partial charge on any atom is 0.271 e. The summed E-state index contributed by atoms with van der Waals surface area (Å²) in [5.41, 5.74) is 7.33. The van der Waals surface area contributed by atoms with Gasteiger partial charge in [-0.3, -0.25) is 14.6 Å². The van der Waals surface area contributed by atoms with Crippen molar-refractivity contribution in [2.24, 2.45) is 11.7 Å². The van der Waals surface area contributed by atoms with Crippen molar-refractivity contribution in [2.75, 3.05) is 13.2 Å². The fourth-order valence-electron chi connectivity index (χ4n) is 2.26. The molecule has 0 unspecified atom stereocenters. The van der Waals surface area contributed by atoms with E-state index in [-0.39, 0.29) is 18.1 Å². The van der Waals surface area contributed by atoms with E-state index in [1.807, 2.05) is 31.2 Å². The van der Waals surface area contributed by atoms with E-state index in [4.69, 9.17) is 10.5 Å². The second-order valence-corrected chi connectivity index (χ2v) is 5.63. The molecule has 1 heterocycles. The Morgan fingerprint density at radius 2 is 1.92 bits per heavy atom. The molecule has 0 saturated heterocycles. The van der Waals surface area contributed by atoms with E-state index in [1.165, 1.54) is 12.4 Å². The van der Waals surface area contributed by atoms with Crippen molar-refractivity contribution in [2.45, 2.75) is 20.3 Å². The van der Waals surface area contributed by atoms with E-state index < -0.39 is 11.8 Å². The predicted molar refractivity (Wildman–Crippen MR) is 93.1 cm³/mol. The summed E-state index contributed by atoms with van der Waals surface area (Å²) in [4.78, 5) is 31.8. The van der Waals surface area contributed by atoms with E-state index in [0.29, 0.717) is 13.0 Å². The van der Waals surface area contributed by atoms with E-state index >= 15 is 0 Å². The Kier molecular flexibility index (Phi) is 6.45. The second kappa shape index (κ2) is 8.77. The summed E-state index contributed by atoms with van der Waals surface area (Å²) >= 11 is 0. The van der Waals surface area contributed by atoms with Gasteiger partial charge in [0.15, 0.2) is 0 Å². The average molecular weight is 342 g/mol. The second-order valence-electron chi connectivity index (χ2n) is 5.63. The van der Waals surface area contributed by atoms with Crippen LogP contribution in [0.1, 0.15) is 28.7 Å². The van der Waals surface area contributed by atoms with Gasteiger partial charge in [-0.25, -0.2) is 4.98 Å². The molecule has 1 aromatic heterocycles. The first-order valence-electron chi connectivity index (χ1n) is 8.07. The first-order valence-corrected chi connectivity index (χ1v) is 8.07. The van der Waals surface area contributed by atoms with Crippen molar-refractivity contribution in [1.29, 1.82) is 0 Å². The topological polar surface area (TPSA) is 107 Å². The van der Waals surface area contributed by atoms with Crippen LogP contribution in [0.4, 0.5) is 0 Å². The minimum absolute atomic E-state index is 0.136. The number of carbonyl (C=O) groups excluding carboxylic acids is 2. The number of primary amides is 1. The molecule has 0 aliphatic heterocycles. The number of aromatic nitrogens is 2. The molecule has 2 rings (SSSR count). The van der Waals surface area contributed by atoms with Crippen molar-refractivity contribution in [3.8, 4) is 5.75 Å². The van der Waals surface area contributed by atoms with Gasteiger partial charge in [0.05, 0.1) is 24.4 Å². The van der Waals surface area contributed by atoms with Crippen molar-refractivity contribution in [3.05, 3.63) is 53.6 Å². The van der Waals surface area contributed by atoms with Gasteiger partial charge in [-0.2, -0.15) is 0 Å². The number of nitrogens with zero attached hydrogens (tertiary/aromatic N) is 2. The molecule has 7 nitrogen and oxygen atoms in total. The van der Waals surface area contributed by atoms with Gasteiger partial charge in [-0.1, -0.05) is 12.1 Å². The highest BCUT2D eigenvalue weighted by atomic mass is 16.5. The monoisotopic (exact) mass is 342 g/mol. The third-order valence-corrected chi connectivity index (χ3v) is 3.64. The zero-order valence-electron chi connectivity index (χ0n) is 14.4. The first-order chi connectivity index (χ1) is 12.0. The van der Waals surface area contributed by atoms with E-state index in [9.17, 15) is 9.59 Å². The smallest absolute Gasteiger partial charge is 0.271 e. The highest BCUT2D eigenvalue weighted by Crippen LogP contribution is 2.15. The molecule has 0 radical (unpaired) electrons. The Labute approximate surface area is 146 Å². The van der Waals surface area contributed by atoms with Crippen LogP contribution >= 0.6 is 0 Å². The summed E-state index contributed by atoms with van der Waals surface area (Å²) in [6.45, 7) is 4.43. The van der Waals surface area contributed by atoms with Crippen LogP contribution in [0.5, 0.6) is 5.75 Å². The molecule has 2 amide bonds. The number of nitrogens with one attached hydrogen (secondary N) is 1. The lowest BCUT2D eigenvalue weighted by atomic mass is 9.98. The fraction of sp³-hybridized carbons (Fsp3) is 0.333. The molecule has 0 aliphatic rings. The van der Waals surface area contributed by atoms with Gasteiger partial charge in [-0.15, -0.1) is 0 Å². The maximum absolute atomic E-state index is 12.1. The van der Waals surface area contributed by atoms with Crippen molar-refractivity contribution in [1.82, 2.24) is 15.3 Å². The van der Waals surface area contributed by atoms with Gasteiger partial charge in [0.25, 0.3) is 5.91 Å². The summed E-state index contributed by atoms with van der Waals surface area (Å²) < 4.78 is 5.39. The molecule has 25 heavy (non-hydrogen) atoms. The third kappa shape index (κ3) is 5.56. The summed E-state index contributed by atoms with van der Waals surface area (Å²) in [6, 6.07) is 7.46. The Balaban J connectivity index is 1.95. The Morgan fingerprint density at radius 1 is 1.20 bits per heavy atom. The number of ether oxygens (including phenoxy) is 1. The molecule has 1 aromatic carbocycles. The molecule has 0 saturated carbocycles. The number of hydrogen-bond donors (Lipinski definition) is 2. The SMILES string of the molecule is CCOc1ccc(C[C@H](CNC(=O)c2cnc(C)cn2)C(N)=O)cc1. The molecule has 0 spiro atoms. The molecule has 7 heteroatoms. The molecule has 132 valence electrons. The minimum Gasteiger partial charge on any atom is -0.494 e. The standard InChI is InChI=1S/C18H22N4O3/c1-3-25-15-6-4-13(5-7-15)8-14(17(19)23)10-22-18(24)16-11-20-12(2)9-21-16/h4-7,9,11,14H,3,8,10H2,1-2H3,(H2,19,23)(H,22,24)/t14-/m1/s1. The zero-order chi connectivity index (χ0) is 18.2. The van der Waals surface area contributed by atoms with Crippen LogP contribution in [0.2, 0.25) is 0 Å². The maximum atomic E-state index is 12.1. The van der Waals surface area contributed by atoms with Crippen LogP contribution in [0.15, 0.2) is 36.7 Å². The first kappa shape index (κ1) is 18.4. The Bertz CT molecular complexity index is 714. The van der Waals surface area contributed by atoms with Gasteiger partial charge in [0.1, 0.15) is 11.4 Å². The molecule has 0 fully saturated rings. The van der Waals surface area contributed by atoms with Gasteiger partial charge >= 0.3 is 0 Å². The normalized spacial score (nSPS) is 11.6.